The zero-order chi connectivity index (χ0) is 27.0. The molecular weight excluding hydrogens is 520 g/mol. The Morgan fingerprint density at radius 2 is 1.84 bits per heavy atom. The average Bonchev–Trinajstić information content (AvgIpc) is 3.43. The van der Waals surface area contributed by atoms with Gasteiger partial charge in [0, 0.05) is 29.0 Å². The molecule has 1 N–H and O–H groups in total. The van der Waals surface area contributed by atoms with Crippen molar-refractivity contribution < 1.29 is 14.3 Å². The van der Waals surface area contributed by atoms with Crippen molar-refractivity contribution in [1.82, 2.24) is 14.9 Å². The second-order valence-corrected chi connectivity index (χ2v) is 9.81. The van der Waals surface area contributed by atoms with Gasteiger partial charge in [-0.2, -0.15) is 0 Å². The van der Waals surface area contributed by atoms with Gasteiger partial charge in [-0.1, -0.05) is 23.7 Å². The minimum atomic E-state index is -0.377. The number of hydrogen-bond acceptors (Lipinski definition) is 5. The number of halogens is 1. The summed E-state index contributed by atoms with van der Waals surface area (Å²) >= 11 is 12.4. The Kier molecular flexibility index (Phi) is 7.10. The van der Waals surface area contributed by atoms with Gasteiger partial charge in [0.05, 0.1) is 42.6 Å². The van der Waals surface area contributed by atoms with Crippen LogP contribution in [0.5, 0.6) is 5.75 Å². The highest BCUT2D eigenvalue weighted by atomic mass is 35.5. The average molecular weight is 547 g/mol. The number of nitrogens with zero attached hydrogens (tertiary/aromatic N) is 3. The number of hydrogen-bond donors (Lipinski definition) is 1. The maximum Gasteiger partial charge on any atom is 0.337 e. The highest BCUT2D eigenvalue weighted by molar-refractivity contribution is 7.80. The molecule has 0 spiro atoms. The topological polar surface area (TPSA) is 68.6 Å². The first kappa shape index (κ1) is 25.8. The first-order valence-corrected chi connectivity index (χ1v) is 12.8. The molecule has 38 heavy (non-hydrogen) atoms. The minimum absolute atomic E-state index is 0.208. The highest BCUT2D eigenvalue weighted by Gasteiger charge is 2.42. The number of carbonyl (C=O) groups is 1. The van der Waals surface area contributed by atoms with Gasteiger partial charge in [-0.05, 0) is 86.2 Å². The number of thiocarbonyl (C=S) groups is 1. The van der Waals surface area contributed by atoms with Crippen LogP contribution < -0.4 is 15.0 Å². The lowest BCUT2D eigenvalue weighted by Gasteiger charge is -2.28. The van der Waals surface area contributed by atoms with E-state index in [0.29, 0.717) is 21.4 Å². The third-order valence-electron chi connectivity index (χ3n) is 6.83. The van der Waals surface area contributed by atoms with Gasteiger partial charge in [0.2, 0.25) is 0 Å². The van der Waals surface area contributed by atoms with Crippen LogP contribution in [0.2, 0.25) is 5.02 Å². The predicted octanol–water partition coefficient (Wildman–Crippen LogP) is 6.11. The molecule has 4 aromatic rings. The number of esters is 1. The molecule has 0 saturated carbocycles. The number of ether oxygens (including phenoxy) is 2. The van der Waals surface area contributed by atoms with E-state index in [9.17, 15) is 4.79 Å². The first-order valence-electron chi connectivity index (χ1n) is 12.1. The van der Waals surface area contributed by atoms with Crippen LogP contribution in [0.1, 0.15) is 45.1 Å². The van der Waals surface area contributed by atoms with Crippen LogP contribution in [0, 0.1) is 13.8 Å². The summed E-state index contributed by atoms with van der Waals surface area (Å²) in [5.74, 6) is 0.215. The van der Waals surface area contributed by atoms with E-state index in [-0.39, 0.29) is 18.1 Å². The summed E-state index contributed by atoms with van der Waals surface area (Å²) in [6.45, 7) is 4.12. The molecule has 2 aromatic heterocycles. The van der Waals surface area contributed by atoms with Crippen LogP contribution in [0.25, 0.3) is 5.69 Å². The van der Waals surface area contributed by atoms with Crippen LogP contribution in [0.15, 0.2) is 72.9 Å². The smallest absolute Gasteiger partial charge is 0.337 e. The SMILES string of the molecule is COC(=O)c1cccc(-n2c(C)cc(C3C(c4ccccn4)NC(=S)N3c3ccc(OC)c(Cl)c3)c2C)c1. The summed E-state index contributed by atoms with van der Waals surface area (Å²) in [7, 11) is 2.97. The van der Waals surface area contributed by atoms with Crippen molar-refractivity contribution in [3.8, 4) is 11.4 Å². The van der Waals surface area contributed by atoms with Gasteiger partial charge in [0.15, 0.2) is 5.11 Å². The van der Waals surface area contributed by atoms with Crippen LogP contribution >= 0.6 is 23.8 Å². The number of methoxy groups -OCH3 is 2. The monoisotopic (exact) mass is 546 g/mol. The number of aryl methyl sites for hydroxylation is 1. The lowest BCUT2D eigenvalue weighted by molar-refractivity contribution is 0.0600. The summed E-state index contributed by atoms with van der Waals surface area (Å²) in [6.07, 6.45) is 1.78. The lowest BCUT2D eigenvalue weighted by Crippen LogP contribution is -2.29. The van der Waals surface area contributed by atoms with Crippen molar-refractivity contribution in [2.75, 3.05) is 19.1 Å². The summed E-state index contributed by atoms with van der Waals surface area (Å²) in [6, 6.07) is 20.7. The van der Waals surface area contributed by atoms with E-state index in [1.165, 1.54) is 7.11 Å². The molecule has 0 amide bonds. The predicted molar refractivity (Wildman–Crippen MR) is 153 cm³/mol. The minimum Gasteiger partial charge on any atom is -0.495 e. The molecule has 7 nitrogen and oxygen atoms in total. The molecule has 2 atom stereocenters. The Balaban J connectivity index is 1.66. The van der Waals surface area contributed by atoms with Crippen LogP contribution in [0.4, 0.5) is 5.69 Å². The second-order valence-electron chi connectivity index (χ2n) is 9.02. The number of pyridine rings is 1. The van der Waals surface area contributed by atoms with Gasteiger partial charge in [-0.15, -0.1) is 0 Å². The lowest BCUT2D eigenvalue weighted by atomic mass is 9.96. The van der Waals surface area contributed by atoms with E-state index in [4.69, 9.17) is 33.3 Å². The van der Waals surface area contributed by atoms with E-state index in [1.807, 2.05) is 61.5 Å². The van der Waals surface area contributed by atoms with Crippen molar-refractivity contribution in [2.24, 2.45) is 0 Å². The summed E-state index contributed by atoms with van der Waals surface area (Å²) in [5, 5.41) is 4.56. The Morgan fingerprint density at radius 3 is 2.53 bits per heavy atom. The summed E-state index contributed by atoms with van der Waals surface area (Å²) < 4.78 is 12.4. The fourth-order valence-electron chi connectivity index (χ4n) is 5.13. The molecule has 5 rings (SSSR count). The highest BCUT2D eigenvalue weighted by Crippen LogP contribution is 2.45. The van der Waals surface area contributed by atoms with E-state index in [1.54, 1.807) is 19.4 Å². The summed E-state index contributed by atoms with van der Waals surface area (Å²) in [4.78, 5) is 18.9. The molecule has 0 bridgehead atoms. The molecule has 3 heterocycles. The van der Waals surface area contributed by atoms with Crippen molar-refractivity contribution in [3.05, 3.63) is 106 Å². The molecule has 0 aliphatic carbocycles. The van der Waals surface area contributed by atoms with Gasteiger partial charge in [0.1, 0.15) is 5.75 Å². The number of aromatic nitrogens is 2. The molecule has 2 aromatic carbocycles. The molecule has 9 heteroatoms. The Hall–Kier alpha value is -3.88. The van der Waals surface area contributed by atoms with Gasteiger partial charge >= 0.3 is 5.97 Å². The molecule has 1 aliphatic heterocycles. The number of nitrogens with one attached hydrogen (secondary N) is 1. The van der Waals surface area contributed by atoms with Crippen molar-refractivity contribution in [1.29, 1.82) is 0 Å². The van der Waals surface area contributed by atoms with Gasteiger partial charge < -0.3 is 24.3 Å². The largest absolute Gasteiger partial charge is 0.495 e. The molecular formula is C29H27ClN4O3S. The number of rotatable bonds is 6. The number of carbonyl (C=O) groups excluding carboxylic acids is 1. The van der Waals surface area contributed by atoms with Crippen LogP contribution in [0.3, 0.4) is 0 Å². The van der Waals surface area contributed by atoms with Gasteiger partial charge in [-0.25, -0.2) is 4.79 Å². The maximum atomic E-state index is 12.2. The molecule has 0 radical (unpaired) electrons. The van der Waals surface area contributed by atoms with Crippen LogP contribution in [-0.4, -0.2) is 34.9 Å². The number of benzene rings is 2. The second kappa shape index (κ2) is 10.5. The van der Waals surface area contributed by atoms with Crippen molar-refractivity contribution in [3.63, 3.8) is 0 Å². The van der Waals surface area contributed by atoms with E-state index in [2.05, 4.69) is 32.8 Å². The number of anilines is 1. The summed E-state index contributed by atoms with van der Waals surface area (Å²) in [5.41, 5.74) is 6.19. The molecule has 1 saturated heterocycles. The Bertz CT molecular complexity index is 1520. The van der Waals surface area contributed by atoms with E-state index < -0.39 is 0 Å². The Labute approximate surface area is 232 Å². The maximum absolute atomic E-state index is 12.2. The normalized spacial score (nSPS) is 16.9. The van der Waals surface area contributed by atoms with E-state index in [0.717, 1.165) is 34.0 Å². The van der Waals surface area contributed by atoms with Gasteiger partial charge in [-0.3, -0.25) is 4.98 Å². The Morgan fingerprint density at radius 1 is 1.03 bits per heavy atom. The quantitative estimate of drug-likeness (QED) is 0.231. The van der Waals surface area contributed by atoms with Crippen molar-refractivity contribution in [2.45, 2.75) is 25.9 Å². The zero-order valence-corrected chi connectivity index (χ0v) is 23.0. The van der Waals surface area contributed by atoms with Crippen LogP contribution in [-0.2, 0) is 4.74 Å². The first-order chi connectivity index (χ1) is 18.3. The van der Waals surface area contributed by atoms with E-state index >= 15 is 0 Å². The standard InChI is InChI=1S/C29H27ClN4O3S/c1-17-14-22(18(2)33(17)20-9-7-8-19(15-20)28(35)37-4)27-26(24-10-5-6-13-31-24)32-29(38)34(27)21-11-12-25(36-3)23(30)16-21/h5-16,26-27H,1-4H3,(H,32,38). The van der Waals surface area contributed by atoms with Crippen molar-refractivity contribution >= 4 is 40.6 Å². The molecule has 2 unspecified atom stereocenters. The molecule has 1 aliphatic rings. The zero-order valence-electron chi connectivity index (χ0n) is 21.4. The third kappa shape index (κ3) is 4.50. The molecule has 194 valence electrons. The fourth-order valence-corrected chi connectivity index (χ4v) is 5.73. The molecule has 1 fully saturated rings. The van der Waals surface area contributed by atoms with Gasteiger partial charge in [0.25, 0.3) is 0 Å². The third-order valence-corrected chi connectivity index (χ3v) is 7.44. The fraction of sp³-hybridized carbons (Fsp3) is 0.207.